The minimum atomic E-state index is -3.77. The number of halogens is 1. The fourth-order valence-electron chi connectivity index (χ4n) is 2.51. The van der Waals surface area contributed by atoms with Crippen molar-refractivity contribution in [1.82, 2.24) is 5.32 Å². The molecule has 1 heterocycles. The largest absolute Gasteiger partial charge is 0.492 e. The molecule has 21 heavy (non-hydrogen) atoms. The summed E-state index contributed by atoms with van der Waals surface area (Å²) in [5.41, 5.74) is 0.701. The Labute approximate surface area is 128 Å². The number of hydrogen-bond acceptors (Lipinski definition) is 4. The lowest BCUT2D eigenvalue weighted by Gasteiger charge is -2.25. The summed E-state index contributed by atoms with van der Waals surface area (Å²) < 4.78 is 28.3. The Kier molecular flexibility index (Phi) is 3.61. The van der Waals surface area contributed by atoms with Gasteiger partial charge in [0.2, 0.25) is 5.91 Å². The van der Waals surface area contributed by atoms with Crippen molar-refractivity contribution in [3.05, 3.63) is 23.8 Å². The molecule has 1 aliphatic carbocycles. The Hall–Kier alpha value is -1.27. The molecule has 1 aliphatic heterocycles. The van der Waals surface area contributed by atoms with E-state index in [1.54, 1.807) is 6.07 Å². The van der Waals surface area contributed by atoms with Crippen LogP contribution in [0.5, 0.6) is 5.75 Å². The number of carbonyl (C=O) groups is 1. The van der Waals surface area contributed by atoms with Crippen LogP contribution < -0.4 is 10.1 Å². The molecule has 0 radical (unpaired) electrons. The third-order valence-electron chi connectivity index (χ3n) is 4.03. The van der Waals surface area contributed by atoms with Crippen molar-refractivity contribution in [2.24, 2.45) is 11.8 Å². The molecule has 1 N–H and O–H groups in total. The molecule has 0 bridgehead atoms. The standard InChI is InChI=1S/C14H16ClNO4S/c1-8-4-12(8)16-14(17)10-5-9-6-11(21(15,18)19)2-3-13(9)20-7-10/h2-3,6,8,10,12H,4-5,7H2,1H3,(H,16,17). The number of nitrogens with one attached hydrogen (secondary N) is 1. The van der Waals surface area contributed by atoms with Gasteiger partial charge in [-0.1, -0.05) is 6.92 Å². The molecule has 114 valence electrons. The maximum Gasteiger partial charge on any atom is 0.261 e. The van der Waals surface area contributed by atoms with Crippen LogP contribution >= 0.6 is 10.7 Å². The van der Waals surface area contributed by atoms with Crippen LogP contribution in [0.25, 0.3) is 0 Å². The number of benzene rings is 1. The Morgan fingerprint density at radius 1 is 1.43 bits per heavy atom. The van der Waals surface area contributed by atoms with Crippen molar-refractivity contribution in [1.29, 1.82) is 0 Å². The highest BCUT2D eigenvalue weighted by Crippen LogP contribution is 2.32. The van der Waals surface area contributed by atoms with Crippen LogP contribution in [0.4, 0.5) is 0 Å². The van der Waals surface area contributed by atoms with E-state index in [0.29, 0.717) is 30.3 Å². The van der Waals surface area contributed by atoms with E-state index in [-0.39, 0.29) is 22.8 Å². The van der Waals surface area contributed by atoms with Crippen molar-refractivity contribution in [2.45, 2.75) is 30.7 Å². The van der Waals surface area contributed by atoms with E-state index in [0.717, 1.165) is 6.42 Å². The van der Waals surface area contributed by atoms with Gasteiger partial charge >= 0.3 is 0 Å². The Morgan fingerprint density at radius 3 is 2.76 bits per heavy atom. The average molecular weight is 330 g/mol. The van der Waals surface area contributed by atoms with E-state index in [1.165, 1.54) is 12.1 Å². The van der Waals surface area contributed by atoms with Crippen molar-refractivity contribution in [3.63, 3.8) is 0 Å². The van der Waals surface area contributed by atoms with Crippen molar-refractivity contribution < 1.29 is 17.9 Å². The third-order valence-corrected chi connectivity index (χ3v) is 5.38. The van der Waals surface area contributed by atoms with Crippen LogP contribution in [0.3, 0.4) is 0 Å². The Morgan fingerprint density at radius 2 is 2.14 bits per heavy atom. The van der Waals surface area contributed by atoms with Crippen LogP contribution in [0, 0.1) is 11.8 Å². The quantitative estimate of drug-likeness (QED) is 0.857. The summed E-state index contributed by atoms with van der Waals surface area (Å²) in [5, 5.41) is 2.99. The Balaban J connectivity index is 1.76. The highest BCUT2D eigenvalue weighted by Gasteiger charge is 2.36. The molecule has 2 aliphatic rings. The highest BCUT2D eigenvalue weighted by molar-refractivity contribution is 8.13. The molecule has 3 rings (SSSR count). The molecule has 7 heteroatoms. The minimum absolute atomic E-state index is 0.0309. The van der Waals surface area contributed by atoms with E-state index >= 15 is 0 Å². The lowest BCUT2D eigenvalue weighted by atomic mass is 9.96. The smallest absolute Gasteiger partial charge is 0.261 e. The zero-order valence-electron chi connectivity index (χ0n) is 11.5. The van der Waals surface area contributed by atoms with Gasteiger partial charge in [0.1, 0.15) is 12.4 Å². The maximum absolute atomic E-state index is 12.2. The summed E-state index contributed by atoms with van der Waals surface area (Å²) in [5.74, 6) is 0.828. The monoisotopic (exact) mass is 329 g/mol. The van der Waals surface area contributed by atoms with E-state index < -0.39 is 9.05 Å². The third kappa shape index (κ3) is 3.16. The van der Waals surface area contributed by atoms with Gasteiger partial charge in [-0.05, 0) is 42.5 Å². The predicted molar refractivity (Wildman–Crippen MR) is 77.9 cm³/mol. The molecule has 5 nitrogen and oxygen atoms in total. The molecule has 1 aromatic carbocycles. The molecule has 1 fully saturated rings. The minimum Gasteiger partial charge on any atom is -0.492 e. The number of carbonyl (C=O) groups excluding carboxylic acids is 1. The van der Waals surface area contributed by atoms with Gasteiger partial charge in [-0.25, -0.2) is 8.42 Å². The van der Waals surface area contributed by atoms with Crippen LogP contribution in [0.2, 0.25) is 0 Å². The molecular weight excluding hydrogens is 314 g/mol. The lowest BCUT2D eigenvalue weighted by Crippen LogP contribution is -2.38. The van der Waals surface area contributed by atoms with Crippen LogP contribution in [-0.4, -0.2) is 27.0 Å². The number of rotatable bonds is 3. The van der Waals surface area contributed by atoms with Crippen molar-refractivity contribution in [2.75, 3.05) is 6.61 Å². The van der Waals surface area contributed by atoms with Crippen molar-refractivity contribution >= 4 is 25.6 Å². The van der Waals surface area contributed by atoms with Gasteiger partial charge in [0.25, 0.3) is 9.05 Å². The summed E-state index contributed by atoms with van der Waals surface area (Å²) >= 11 is 0. The van der Waals surface area contributed by atoms with Crippen LogP contribution in [0.1, 0.15) is 18.9 Å². The SMILES string of the molecule is CC1CC1NC(=O)C1COc2ccc(S(=O)(=O)Cl)cc2C1. The molecule has 3 unspecified atom stereocenters. The topological polar surface area (TPSA) is 72.5 Å². The zero-order valence-corrected chi connectivity index (χ0v) is 13.1. The first-order valence-electron chi connectivity index (χ1n) is 6.85. The number of fused-ring (bicyclic) bond motifs is 1. The lowest BCUT2D eigenvalue weighted by molar-refractivity contribution is -0.126. The molecule has 0 aromatic heterocycles. The van der Waals surface area contributed by atoms with Gasteiger partial charge in [-0.2, -0.15) is 0 Å². The average Bonchev–Trinajstić information content (AvgIpc) is 3.11. The second-order valence-corrected chi connectivity index (χ2v) is 8.31. The van der Waals surface area contributed by atoms with Gasteiger partial charge in [-0.15, -0.1) is 0 Å². The summed E-state index contributed by atoms with van der Waals surface area (Å²) in [6.45, 7) is 2.40. The van der Waals surface area contributed by atoms with Crippen LogP contribution in [-0.2, 0) is 20.3 Å². The molecule has 1 saturated carbocycles. The number of amides is 1. The van der Waals surface area contributed by atoms with E-state index in [4.69, 9.17) is 15.4 Å². The molecule has 1 aromatic rings. The van der Waals surface area contributed by atoms with Gasteiger partial charge in [0, 0.05) is 16.7 Å². The normalized spacial score (nSPS) is 27.4. The fourth-order valence-corrected chi connectivity index (χ4v) is 3.32. The van der Waals surface area contributed by atoms with E-state index in [2.05, 4.69) is 12.2 Å². The maximum atomic E-state index is 12.2. The fraction of sp³-hybridized carbons (Fsp3) is 0.500. The first kappa shape index (κ1) is 14.7. The van der Waals surface area contributed by atoms with Gasteiger partial charge in [-0.3, -0.25) is 4.79 Å². The van der Waals surface area contributed by atoms with E-state index in [1.807, 2.05) is 0 Å². The number of ether oxygens (including phenoxy) is 1. The molecule has 1 amide bonds. The summed E-state index contributed by atoms with van der Waals surface area (Å²) in [7, 11) is 1.57. The zero-order chi connectivity index (χ0) is 15.2. The van der Waals surface area contributed by atoms with Gasteiger partial charge < -0.3 is 10.1 Å². The second kappa shape index (κ2) is 5.18. The summed E-state index contributed by atoms with van der Waals surface area (Å²) in [4.78, 5) is 12.2. The van der Waals surface area contributed by atoms with Gasteiger partial charge in [0.15, 0.2) is 0 Å². The van der Waals surface area contributed by atoms with Crippen LogP contribution in [0.15, 0.2) is 23.1 Å². The molecule has 3 atom stereocenters. The van der Waals surface area contributed by atoms with Crippen molar-refractivity contribution in [3.8, 4) is 5.75 Å². The Bertz CT molecular complexity index is 688. The second-order valence-electron chi connectivity index (χ2n) is 5.75. The predicted octanol–water partition coefficient (Wildman–Crippen LogP) is 1.69. The summed E-state index contributed by atoms with van der Waals surface area (Å²) in [6, 6.07) is 4.75. The van der Waals surface area contributed by atoms with Gasteiger partial charge in [0.05, 0.1) is 10.8 Å². The first-order valence-corrected chi connectivity index (χ1v) is 9.16. The number of hydrogen-bond donors (Lipinski definition) is 1. The highest BCUT2D eigenvalue weighted by atomic mass is 35.7. The molecule has 0 spiro atoms. The summed E-state index contributed by atoms with van der Waals surface area (Å²) in [6.07, 6.45) is 1.48. The molecule has 0 saturated heterocycles. The molecular formula is C14H16ClNO4S. The first-order chi connectivity index (χ1) is 9.84. The van der Waals surface area contributed by atoms with E-state index in [9.17, 15) is 13.2 Å².